The second-order valence-corrected chi connectivity index (χ2v) is 2.92. The third-order valence-corrected chi connectivity index (χ3v) is 1.59. The van der Waals surface area contributed by atoms with Crippen LogP contribution in [0.4, 0.5) is 5.69 Å². The zero-order valence-corrected chi connectivity index (χ0v) is 9.42. The minimum Gasteiger partial charge on any atom is -0.378 e. The average Bonchev–Trinajstić information content (AvgIpc) is 2.20. The molecule has 0 amide bonds. The van der Waals surface area contributed by atoms with Crippen molar-refractivity contribution in [1.29, 1.82) is 0 Å². The zero-order chi connectivity index (χ0) is 11.0. The van der Waals surface area contributed by atoms with Gasteiger partial charge in [-0.05, 0) is 26.0 Å². The van der Waals surface area contributed by atoms with Gasteiger partial charge in [0.15, 0.2) is 0 Å². The Kier molecular flexibility index (Phi) is 6.46. The van der Waals surface area contributed by atoms with Gasteiger partial charge in [-0.2, -0.15) is 0 Å². The Hall–Kier alpha value is -1.31. The smallest absolute Gasteiger partial charge is 0.148 e. The number of carbonyl (C=O) groups excluding carboxylic acids is 1. The molecule has 1 rings (SSSR count). The number of benzene rings is 1. The van der Waals surface area contributed by atoms with Crippen LogP contribution in [0.25, 0.3) is 0 Å². The summed E-state index contributed by atoms with van der Waals surface area (Å²) >= 11 is 0. The fourth-order valence-corrected chi connectivity index (χ4v) is 0.898. The highest BCUT2D eigenvalue weighted by atomic mass is 16.1. The third kappa shape index (κ3) is 5.36. The maximum atomic E-state index is 10.6. The summed E-state index contributed by atoms with van der Waals surface area (Å²) in [4.78, 5) is 10.6. The molecule has 0 unspecified atom stereocenters. The van der Waals surface area contributed by atoms with E-state index in [0.717, 1.165) is 5.69 Å². The molecule has 0 aliphatic heterocycles. The van der Waals surface area contributed by atoms with Crippen LogP contribution in [-0.2, 0) is 4.79 Å². The summed E-state index contributed by atoms with van der Waals surface area (Å²) in [5.74, 6) is 0.149. The number of aryl methyl sites for hydroxylation is 1. The molecule has 0 aromatic heterocycles. The predicted octanol–water partition coefficient (Wildman–Crippen LogP) is 3.02. The molecule has 1 aromatic rings. The first-order chi connectivity index (χ1) is 6.68. The third-order valence-electron chi connectivity index (χ3n) is 1.59. The van der Waals surface area contributed by atoms with Crippen LogP contribution in [0, 0.1) is 6.92 Å². The van der Waals surface area contributed by atoms with E-state index < -0.39 is 0 Å². The number of anilines is 1. The van der Waals surface area contributed by atoms with E-state index in [1.165, 1.54) is 5.56 Å². The van der Waals surface area contributed by atoms with E-state index in [0.29, 0.717) is 6.54 Å². The molecule has 0 saturated heterocycles. The predicted molar refractivity (Wildman–Crippen MR) is 61.7 cm³/mol. The van der Waals surface area contributed by atoms with Gasteiger partial charge in [0.25, 0.3) is 0 Å². The van der Waals surface area contributed by atoms with Gasteiger partial charge in [-0.1, -0.05) is 31.5 Å². The van der Waals surface area contributed by atoms with E-state index in [1.54, 1.807) is 6.92 Å². The quantitative estimate of drug-likeness (QED) is 0.799. The average molecular weight is 193 g/mol. The van der Waals surface area contributed by atoms with Crippen LogP contribution in [0.15, 0.2) is 24.3 Å². The van der Waals surface area contributed by atoms with E-state index >= 15 is 0 Å². The van der Waals surface area contributed by atoms with Gasteiger partial charge in [-0.15, -0.1) is 0 Å². The van der Waals surface area contributed by atoms with Crippen molar-refractivity contribution in [1.82, 2.24) is 0 Å². The maximum Gasteiger partial charge on any atom is 0.148 e. The molecule has 78 valence electrons. The summed E-state index contributed by atoms with van der Waals surface area (Å²) in [6.45, 7) is 8.01. The van der Waals surface area contributed by atoms with E-state index in [2.05, 4.69) is 5.32 Å². The number of hydrogen-bond donors (Lipinski definition) is 1. The molecule has 0 bridgehead atoms. The fourth-order valence-electron chi connectivity index (χ4n) is 0.898. The van der Waals surface area contributed by atoms with Crippen LogP contribution in [0.1, 0.15) is 26.3 Å². The minimum absolute atomic E-state index is 0.149. The molecule has 0 spiro atoms. The van der Waals surface area contributed by atoms with Crippen LogP contribution in [0.3, 0.4) is 0 Å². The monoisotopic (exact) mass is 193 g/mol. The molecule has 0 radical (unpaired) electrons. The van der Waals surface area contributed by atoms with Crippen LogP contribution < -0.4 is 5.32 Å². The van der Waals surface area contributed by atoms with Gasteiger partial charge >= 0.3 is 0 Å². The Morgan fingerprint density at radius 3 is 2.14 bits per heavy atom. The normalized spacial score (nSPS) is 8.57. The van der Waals surface area contributed by atoms with Crippen molar-refractivity contribution in [2.75, 3.05) is 11.9 Å². The highest BCUT2D eigenvalue weighted by Gasteiger charge is 1.92. The molecule has 0 aliphatic carbocycles. The van der Waals surface area contributed by atoms with Gasteiger partial charge in [0.1, 0.15) is 5.78 Å². The molecule has 0 aliphatic rings. The fraction of sp³-hybridized carbons (Fsp3) is 0.417. The summed E-state index contributed by atoms with van der Waals surface area (Å²) < 4.78 is 0. The number of ketones is 1. The van der Waals surface area contributed by atoms with Gasteiger partial charge in [0, 0.05) is 5.69 Å². The second-order valence-electron chi connectivity index (χ2n) is 2.92. The van der Waals surface area contributed by atoms with E-state index in [-0.39, 0.29) is 5.78 Å². The lowest BCUT2D eigenvalue weighted by molar-refractivity contribution is -0.115. The van der Waals surface area contributed by atoms with Gasteiger partial charge in [0.05, 0.1) is 6.54 Å². The highest BCUT2D eigenvalue weighted by molar-refractivity contribution is 5.80. The lowest BCUT2D eigenvalue weighted by Gasteiger charge is -2.03. The van der Waals surface area contributed by atoms with Gasteiger partial charge in [0.2, 0.25) is 0 Å². The lowest BCUT2D eigenvalue weighted by Crippen LogP contribution is -2.09. The molecule has 1 aromatic carbocycles. The van der Waals surface area contributed by atoms with Crippen molar-refractivity contribution < 1.29 is 4.79 Å². The Morgan fingerprint density at radius 2 is 1.71 bits per heavy atom. The lowest BCUT2D eigenvalue weighted by atomic mass is 10.2. The van der Waals surface area contributed by atoms with Gasteiger partial charge in [-0.3, -0.25) is 4.79 Å². The van der Waals surface area contributed by atoms with E-state index in [9.17, 15) is 4.79 Å². The Balaban J connectivity index is 0.000000791. The first kappa shape index (κ1) is 12.7. The van der Waals surface area contributed by atoms with Crippen LogP contribution in [0.2, 0.25) is 0 Å². The molecule has 0 fully saturated rings. The van der Waals surface area contributed by atoms with Crippen molar-refractivity contribution in [3.05, 3.63) is 29.8 Å². The molecule has 0 saturated carbocycles. The van der Waals surface area contributed by atoms with Gasteiger partial charge < -0.3 is 5.32 Å². The topological polar surface area (TPSA) is 29.1 Å². The molecule has 0 heterocycles. The molecular formula is C12H19NO. The molecule has 1 N–H and O–H groups in total. The van der Waals surface area contributed by atoms with Crippen molar-refractivity contribution in [2.24, 2.45) is 0 Å². The first-order valence-corrected chi connectivity index (χ1v) is 4.98. The van der Waals surface area contributed by atoms with E-state index in [4.69, 9.17) is 0 Å². The number of hydrogen-bond acceptors (Lipinski definition) is 2. The van der Waals surface area contributed by atoms with E-state index in [1.807, 2.05) is 45.0 Å². The first-order valence-electron chi connectivity index (χ1n) is 4.98. The molecule has 2 nitrogen and oxygen atoms in total. The SMILES string of the molecule is CC.CC(=O)CNc1ccc(C)cc1. The highest BCUT2D eigenvalue weighted by Crippen LogP contribution is 2.07. The summed E-state index contributed by atoms with van der Waals surface area (Å²) in [6, 6.07) is 7.97. The number of carbonyl (C=O) groups is 1. The van der Waals surface area contributed by atoms with Crippen LogP contribution >= 0.6 is 0 Å². The summed E-state index contributed by atoms with van der Waals surface area (Å²) in [6.07, 6.45) is 0. The molecule has 14 heavy (non-hydrogen) atoms. The summed E-state index contributed by atoms with van der Waals surface area (Å²) in [5, 5.41) is 3.02. The van der Waals surface area contributed by atoms with Gasteiger partial charge in [-0.25, -0.2) is 0 Å². The number of rotatable bonds is 3. The minimum atomic E-state index is 0.149. The Labute approximate surface area is 86.3 Å². The molecule has 0 atom stereocenters. The standard InChI is InChI=1S/C10H13NO.C2H6/c1-8-3-5-10(6-4-8)11-7-9(2)12;1-2/h3-6,11H,7H2,1-2H3;1-2H3. The largest absolute Gasteiger partial charge is 0.378 e. The van der Waals surface area contributed by atoms with Crippen molar-refractivity contribution in [3.63, 3.8) is 0 Å². The van der Waals surface area contributed by atoms with Crippen molar-refractivity contribution in [3.8, 4) is 0 Å². The summed E-state index contributed by atoms with van der Waals surface area (Å²) in [5.41, 5.74) is 2.22. The van der Waals surface area contributed by atoms with Crippen LogP contribution in [0.5, 0.6) is 0 Å². The maximum absolute atomic E-state index is 10.6. The zero-order valence-electron chi connectivity index (χ0n) is 9.42. The van der Waals surface area contributed by atoms with Crippen molar-refractivity contribution >= 4 is 11.5 Å². The molecule has 2 heteroatoms. The Bertz CT molecular complexity index is 264. The number of nitrogens with one attached hydrogen (secondary N) is 1. The molecular weight excluding hydrogens is 174 g/mol. The summed E-state index contributed by atoms with van der Waals surface area (Å²) in [7, 11) is 0. The van der Waals surface area contributed by atoms with Crippen LogP contribution in [-0.4, -0.2) is 12.3 Å². The Morgan fingerprint density at radius 1 is 1.21 bits per heavy atom. The van der Waals surface area contributed by atoms with Crippen molar-refractivity contribution in [2.45, 2.75) is 27.7 Å². The second kappa shape index (κ2) is 7.13. The number of Topliss-reactive ketones (excluding diaryl/α,β-unsaturated/α-hetero) is 1.